The number of carbonyl (C=O) groups excluding carboxylic acids is 1. The first-order valence-electron chi connectivity index (χ1n) is 7.27. The average molecular weight is 278 g/mol. The maximum absolute atomic E-state index is 13.3. The second kappa shape index (κ2) is 5.92. The largest absolute Gasteiger partial charge is 0.345 e. The molecule has 1 amide bonds. The molecular formula is C16H23FN2O. The van der Waals surface area contributed by atoms with Crippen LogP contribution in [0.25, 0.3) is 0 Å². The Morgan fingerprint density at radius 3 is 2.85 bits per heavy atom. The Bertz CT molecular complexity index is 503. The van der Waals surface area contributed by atoms with E-state index in [-0.39, 0.29) is 17.3 Å². The van der Waals surface area contributed by atoms with E-state index in [1.807, 2.05) is 0 Å². The fourth-order valence-corrected chi connectivity index (χ4v) is 3.04. The number of hydrogen-bond acceptors (Lipinski definition) is 2. The molecule has 2 atom stereocenters. The Morgan fingerprint density at radius 1 is 1.50 bits per heavy atom. The summed E-state index contributed by atoms with van der Waals surface area (Å²) >= 11 is 0. The van der Waals surface area contributed by atoms with Crippen LogP contribution in [0.15, 0.2) is 18.2 Å². The van der Waals surface area contributed by atoms with Crippen molar-refractivity contribution >= 4 is 5.91 Å². The number of halogens is 1. The molecule has 3 N–H and O–H groups in total. The molecule has 110 valence electrons. The Kier molecular flexibility index (Phi) is 4.43. The number of hydrogen-bond donors (Lipinski definition) is 2. The number of benzene rings is 1. The summed E-state index contributed by atoms with van der Waals surface area (Å²) in [5, 5.41) is 3.11. The lowest BCUT2D eigenvalue weighted by Crippen LogP contribution is -2.59. The first-order chi connectivity index (χ1) is 9.48. The minimum absolute atomic E-state index is 0.160. The molecule has 1 aromatic rings. The molecule has 1 aliphatic rings. The topological polar surface area (TPSA) is 55.1 Å². The molecule has 0 heterocycles. The summed E-state index contributed by atoms with van der Waals surface area (Å²) in [5.74, 6) is -0.0832. The van der Waals surface area contributed by atoms with E-state index in [4.69, 9.17) is 5.73 Å². The van der Waals surface area contributed by atoms with Crippen LogP contribution in [-0.4, -0.2) is 18.0 Å². The molecule has 0 bridgehead atoms. The van der Waals surface area contributed by atoms with Gasteiger partial charge in [-0.3, -0.25) is 4.79 Å². The average Bonchev–Trinajstić information content (AvgIpc) is 2.44. The number of nitrogens with one attached hydrogen (secondary N) is 1. The molecule has 1 fully saturated rings. The van der Waals surface area contributed by atoms with Crippen molar-refractivity contribution < 1.29 is 9.18 Å². The van der Waals surface area contributed by atoms with Gasteiger partial charge in [-0.05, 0) is 49.4 Å². The fourth-order valence-electron chi connectivity index (χ4n) is 3.04. The van der Waals surface area contributed by atoms with Crippen molar-refractivity contribution in [2.24, 2.45) is 11.7 Å². The molecule has 1 aromatic carbocycles. The van der Waals surface area contributed by atoms with Crippen LogP contribution >= 0.6 is 0 Å². The molecule has 1 saturated carbocycles. The van der Waals surface area contributed by atoms with Crippen LogP contribution in [0.4, 0.5) is 4.39 Å². The molecule has 3 nitrogen and oxygen atoms in total. The molecule has 0 aliphatic heterocycles. The Morgan fingerprint density at radius 2 is 2.25 bits per heavy atom. The van der Waals surface area contributed by atoms with Gasteiger partial charge >= 0.3 is 0 Å². The summed E-state index contributed by atoms with van der Waals surface area (Å²) in [6.07, 6.45) is 4.27. The summed E-state index contributed by atoms with van der Waals surface area (Å²) in [6, 6.07) is 4.45. The fraction of sp³-hybridized carbons (Fsp3) is 0.562. The Labute approximate surface area is 119 Å². The van der Waals surface area contributed by atoms with Gasteiger partial charge in [-0.2, -0.15) is 0 Å². The highest BCUT2D eigenvalue weighted by molar-refractivity contribution is 5.95. The predicted octanol–water partition coefficient (Wildman–Crippen LogP) is 2.77. The predicted molar refractivity (Wildman–Crippen MR) is 78.0 cm³/mol. The lowest BCUT2D eigenvalue weighted by molar-refractivity contribution is 0.0812. The van der Waals surface area contributed by atoms with Crippen LogP contribution in [0.2, 0.25) is 0 Å². The maximum atomic E-state index is 13.3. The van der Waals surface area contributed by atoms with Gasteiger partial charge in [-0.25, -0.2) is 4.39 Å². The third-order valence-electron chi connectivity index (χ3n) is 4.60. The third-order valence-corrected chi connectivity index (χ3v) is 4.60. The molecule has 4 heteroatoms. The molecule has 2 rings (SSSR count). The van der Waals surface area contributed by atoms with Gasteiger partial charge in [-0.15, -0.1) is 0 Å². The monoisotopic (exact) mass is 278 g/mol. The number of amides is 1. The second-order valence-corrected chi connectivity index (χ2v) is 5.93. The van der Waals surface area contributed by atoms with E-state index >= 15 is 0 Å². The smallest absolute Gasteiger partial charge is 0.251 e. The van der Waals surface area contributed by atoms with E-state index in [9.17, 15) is 9.18 Å². The molecule has 0 spiro atoms. The molecule has 20 heavy (non-hydrogen) atoms. The quantitative estimate of drug-likeness (QED) is 0.893. The van der Waals surface area contributed by atoms with Gasteiger partial charge < -0.3 is 11.1 Å². The van der Waals surface area contributed by atoms with Crippen LogP contribution in [0.1, 0.15) is 48.5 Å². The van der Waals surface area contributed by atoms with E-state index in [1.54, 1.807) is 13.0 Å². The van der Waals surface area contributed by atoms with Gasteiger partial charge in [0.1, 0.15) is 5.82 Å². The maximum Gasteiger partial charge on any atom is 0.251 e. The molecule has 0 saturated heterocycles. The van der Waals surface area contributed by atoms with Crippen LogP contribution in [0.5, 0.6) is 0 Å². The number of carbonyl (C=O) groups is 1. The van der Waals surface area contributed by atoms with Crippen LogP contribution in [-0.2, 0) is 0 Å². The van der Waals surface area contributed by atoms with Gasteiger partial charge in [-0.1, -0.05) is 19.8 Å². The van der Waals surface area contributed by atoms with Crippen LogP contribution in [0, 0.1) is 18.7 Å². The normalized spacial score (nSPS) is 26.3. The van der Waals surface area contributed by atoms with Crippen molar-refractivity contribution in [3.8, 4) is 0 Å². The van der Waals surface area contributed by atoms with Gasteiger partial charge in [0.2, 0.25) is 0 Å². The molecule has 2 unspecified atom stereocenters. The van der Waals surface area contributed by atoms with Gasteiger partial charge in [0, 0.05) is 12.1 Å². The Balaban J connectivity index is 2.18. The van der Waals surface area contributed by atoms with Gasteiger partial charge in [0.25, 0.3) is 5.91 Å². The van der Waals surface area contributed by atoms with E-state index in [0.717, 1.165) is 19.3 Å². The molecule has 1 aliphatic carbocycles. The van der Waals surface area contributed by atoms with Crippen molar-refractivity contribution in [3.05, 3.63) is 35.1 Å². The summed E-state index contributed by atoms with van der Waals surface area (Å²) < 4.78 is 13.3. The van der Waals surface area contributed by atoms with Crippen LogP contribution in [0.3, 0.4) is 0 Å². The first-order valence-corrected chi connectivity index (χ1v) is 7.27. The zero-order valence-corrected chi connectivity index (χ0v) is 12.2. The second-order valence-electron chi connectivity index (χ2n) is 5.93. The highest BCUT2D eigenvalue weighted by Gasteiger charge is 2.38. The number of aryl methyl sites for hydroxylation is 1. The summed E-state index contributed by atoms with van der Waals surface area (Å²) in [4.78, 5) is 12.4. The minimum Gasteiger partial charge on any atom is -0.345 e. The molecule has 0 radical (unpaired) electrons. The highest BCUT2D eigenvalue weighted by Crippen LogP contribution is 2.33. The standard InChI is InChI=1S/C16H23FN2O/c1-11-9-13(6-7-14(11)17)15(20)19-16(10-18)8-4-3-5-12(16)2/h6-7,9,12H,3-5,8,10,18H2,1-2H3,(H,19,20). The van der Waals surface area contributed by atoms with E-state index in [0.29, 0.717) is 23.6 Å². The summed E-state index contributed by atoms with van der Waals surface area (Å²) in [5.41, 5.74) is 6.59. The minimum atomic E-state index is -0.322. The van der Waals surface area contributed by atoms with Crippen molar-refractivity contribution in [1.82, 2.24) is 5.32 Å². The molecular weight excluding hydrogens is 255 g/mol. The highest BCUT2D eigenvalue weighted by atomic mass is 19.1. The van der Waals surface area contributed by atoms with E-state index in [1.165, 1.54) is 18.6 Å². The van der Waals surface area contributed by atoms with Crippen molar-refractivity contribution in [3.63, 3.8) is 0 Å². The summed E-state index contributed by atoms with van der Waals surface area (Å²) in [7, 11) is 0. The van der Waals surface area contributed by atoms with Crippen molar-refractivity contribution in [2.75, 3.05) is 6.54 Å². The zero-order chi connectivity index (χ0) is 14.8. The van der Waals surface area contributed by atoms with Crippen LogP contribution < -0.4 is 11.1 Å². The van der Waals surface area contributed by atoms with Gasteiger partial charge in [0.05, 0.1) is 5.54 Å². The summed E-state index contributed by atoms with van der Waals surface area (Å²) in [6.45, 7) is 4.25. The van der Waals surface area contributed by atoms with Crippen molar-refractivity contribution in [2.45, 2.75) is 45.1 Å². The Hall–Kier alpha value is -1.42. The van der Waals surface area contributed by atoms with Crippen molar-refractivity contribution in [1.29, 1.82) is 0 Å². The SMILES string of the molecule is Cc1cc(C(=O)NC2(CN)CCCCC2C)ccc1F. The lowest BCUT2D eigenvalue weighted by Gasteiger charge is -2.42. The van der Waals surface area contributed by atoms with Gasteiger partial charge in [0.15, 0.2) is 0 Å². The number of rotatable bonds is 3. The number of nitrogens with two attached hydrogens (primary N) is 1. The third kappa shape index (κ3) is 2.85. The van der Waals surface area contributed by atoms with E-state index in [2.05, 4.69) is 12.2 Å². The van der Waals surface area contributed by atoms with E-state index < -0.39 is 0 Å². The molecule has 0 aromatic heterocycles. The lowest BCUT2D eigenvalue weighted by atomic mass is 9.73. The zero-order valence-electron chi connectivity index (χ0n) is 12.2. The first kappa shape index (κ1) is 15.0.